The number of rotatable bonds is 4. The summed E-state index contributed by atoms with van der Waals surface area (Å²) in [5.41, 5.74) is 0.450. The molecule has 2 aliphatic heterocycles. The maximum absolute atomic E-state index is 13.9. The van der Waals surface area contributed by atoms with Gasteiger partial charge in [0, 0.05) is 26.2 Å². The van der Waals surface area contributed by atoms with Gasteiger partial charge < -0.3 is 19.9 Å². The van der Waals surface area contributed by atoms with E-state index in [1.807, 2.05) is 12.1 Å². The van der Waals surface area contributed by atoms with Gasteiger partial charge >= 0.3 is 0 Å². The first-order valence-electron chi connectivity index (χ1n) is 10.3. The van der Waals surface area contributed by atoms with Crippen molar-refractivity contribution < 1.29 is 13.9 Å². The largest absolute Gasteiger partial charge is 0.486 e. The molecule has 2 aliphatic rings. The fourth-order valence-corrected chi connectivity index (χ4v) is 3.89. The quantitative estimate of drug-likeness (QED) is 0.858. The third-order valence-corrected chi connectivity index (χ3v) is 5.41. The molecule has 1 aromatic heterocycles. The van der Waals surface area contributed by atoms with Crippen LogP contribution < -0.4 is 15.0 Å². The lowest BCUT2D eigenvalue weighted by Crippen LogP contribution is -2.44. The Labute approximate surface area is 170 Å². The van der Waals surface area contributed by atoms with Crippen LogP contribution in [0.1, 0.15) is 29.8 Å². The average molecular weight is 398 g/mol. The molecule has 1 amide bonds. The highest BCUT2D eigenvalue weighted by atomic mass is 19.1. The van der Waals surface area contributed by atoms with E-state index in [4.69, 9.17) is 4.74 Å². The number of aromatic nitrogens is 1. The number of ether oxygens (including phenoxy) is 1. The van der Waals surface area contributed by atoms with E-state index in [1.54, 1.807) is 29.2 Å². The third kappa shape index (κ3) is 4.85. The van der Waals surface area contributed by atoms with Crippen LogP contribution in [0.15, 0.2) is 42.5 Å². The Morgan fingerprint density at radius 3 is 2.86 bits per heavy atom. The Kier molecular flexibility index (Phi) is 6.24. The SMILES string of the molecule is O=C(c1cccc(N2CCCNCC2)n1)N1CCCC(Oc2ccccc2F)C1. The zero-order chi connectivity index (χ0) is 20.1. The number of pyridine rings is 1. The van der Waals surface area contributed by atoms with Crippen LogP contribution in [0.3, 0.4) is 0 Å². The summed E-state index contributed by atoms with van der Waals surface area (Å²) in [5.74, 6) is 0.608. The zero-order valence-corrected chi connectivity index (χ0v) is 16.5. The predicted octanol–water partition coefficient (Wildman–Crippen LogP) is 2.70. The maximum atomic E-state index is 13.9. The van der Waals surface area contributed by atoms with Gasteiger partial charge in [-0.1, -0.05) is 18.2 Å². The van der Waals surface area contributed by atoms with Crippen LogP contribution in [0.2, 0.25) is 0 Å². The van der Waals surface area contributed by atoms with Crippen molar-refractivity contribution in [2.24, 2.45) is 0 Å². The molecule has 0 bridgehead atoms. The Bertz CT molecular complexity index is 839. The molecular weight excluding hydrogens is 371 g/mol. The van der Waals surface area contributed by atoms with Crippen LogP contribution in [-0.4, -0.2) is 61.2 Å². The lowest BCUT2D eigenvalue weighted by atomic mass is 10.1. The maximum Gasteiger partial charge on any atom is 0.272 e. The number of nitrogens with one attached hydrogen (secondary N) is 1. The van der Waals surface area contributed by atoms with Crippen molar-refractivity contribution in [2.75, 3.05) is 44.2 Å². The molecule has 0 aliphatic carbocycles. The number of hydrogen-bond acceptors (Lipinski definition) is 5. The summed E-state index contributed by atoms with van der Waals surface area (Å²) in [6.07, 6.45) is 2.46. The van der Waals surface area contributed by atoms with Gasteiger partial charge in [-0.3, -0.25) is 4.79 Å². The summed E-state index contributed by atoms with van der Waals surface area (Å²) in [4.78, 5) is 21.7. The van der Waals surface area contributed by atoms with Crippen molar-refractivity contribution in [2.45, 2.75) is 25.4 Å². The monoisotopic (exact) mass is 398 g/mol. The second kappa shape index (κ2) is 9.22. The molecular formula is C22H27FN4O2. The van der Waals surface area contributed by atoms with Crippen molar-refractivity contribution >= 4 is 11.7 Å². The molecule has 1 unspecified atom stereocenters. The predicted molar refractivity (Wildman–Crippen MR) is 110 cm³/mol. The lowest BCUT2D eigenvalue weighted by Gasteiger charge is -2.33. The molecule has 1 N–H and O–H groups in total. The molecule has 29 heavy (non-hydrogen) atoms. The summed E-state index contributed by atoms with van der Waals surface area (Å²) >= 11 is 0. The highest BCUT2D eigenvalue weighted by Crippen LogP contribution is 2.22. The van der Waals surface area contributed by atoms with Crippen LogP contribution in [0.5, 0.6) is 5.75 Å². The van der Waals surface area contributed by atoms with E-state index in [0.717, 1.165) is 51.3 Å². The van der Waals surface area contributed by atoms with E-state index in [1.165, 1.54) is 6.07 Å². The number of hydrogen-bond donors (Lipinski definition) is 1. The highest BCUT2D eigenvalue weighted by Gasteiger charge is 2.27. The van der Waals surface area contributed by atoms with Gasteiger partial charge in [-0.15, -0.1) is 0 Å². The number of nitrogens with zero attached hydrogens (tertiary/aromatic N) is 3. The van der Waals surface area contributed by atoms with E-state index >= 15 is 0 Å². The van der Waals surface area contributed by atoms with E-state index in [0.29, 0.717) is 18.8 Å². The second-order valence-corrected chi connectivity index (χ2v) is 7.54. The third-order valence-electron chi connectivity index (χ3n) is 5.41. The van der Waals surface area contributed by atoms with E-state index in [9.17, 15) is 9.18 Å². The molecule has 3 heterocycles. The molecule has 0 saturated carbocycles. The number of amides is 1. The number of likely N-dealkylation sites (tertiary alicyclic amines) is 1. The number of piperidine rings is 1. The van der Waals surface area contributed by atoms with E-state index < -0.39 is 0 Å². The summed E-state index contributed by atoms with van der Waals surface area (Å²) in [6.45, 7) is 4.84. The summed E-state index contributed by atoms with van der Waals surface area (Å²) < 4.78 is 19.7. The van der Waals surface area contributed by atoms with Crippen LogP contribution in [0.25, 0.3) is 0 Å². The molecule has 0 radical (unpaired) electrons. The fraction of sp³-hybridized carbons (Fsp3) is 0.455. The molecule has 1 atom stereocenters. The minimum absolute atomic E-state index is 0.0957. The van der Waals surface area contributed by atoms with Crippen LogP contribution in [0.4, 0.5) is 10.2 Å². The molecule has 154 valence electrons. The molecule has 2 saturated heterocycles. The van der Waals surface area contributed by atoms with Crippen LogP contribution in [-0.2, 0) is 0 Å². The van der Waals surface area contributed by atoms with Gasteiger partial charge in [0.2, 0.25) is 0 Å². The van der Waals surface area contributed by atoms with Crippen molar-refractivity contribution in [1.82, 2.24) is 15.2 Å². The number of carbonyl (C=O) groups excluding carboxylic acids is 1. The molecule has 2 fully saturated rings. The van der Waals surface area contributed by atoms with Crippen molar-refractivity contribution in [3.05, 3.63) is 54.0 Å². The summed E-state index contributed by atoms with van der Waals surface area (Å²) in [7, 11) is 0. The van der Waals surface area contributed by atoms with Crippen molar-refractivity contribution in [3.8, 4) is 5.75 Å². The number of carbonyl (C=O) groups is 1. The molecule has 4 rings (SSSR count). The standard InChI is InChI=1S/C22H27FN4O2/c23-18-7-1-2-9-20(18)29-17-6-4-13-27(16-17)22(28)19-8-3-10-21(25-19)26-14-5-11-24-12-15-26/h1-3,7-10,17,24H,4-6,11-16H2. The minimum atomic E-state index is -0.378. The van der Waals surface area contributed by atoms with Crippen molar-refractivity contribution in [1.29, 1.82) is 0 Å². The first kappa shape index (κ1) is 19.6. The van der Waals surface area contributed by atoms with E-state index in [2.05, 4.69) is 15.2 Å². The molecule has 2 aromatic rings. The Morgan fingerprint density at radius 1 is 1.07 bits per heavy atom. The number of halogens is 1. The second-order valence-electron chi connectivity index (χ2n) is 7.54. The summed E-state index contributed by atoms with van der Waals surface area (Å²) in [5, 5.41) is 3.38. The number of anilines is 1. The lowest BCUT2D eigenvalue weighted by molar-refractivity contribution is 0.0524. The average Bonchev–Trinajstić information content (AvgIpc) is 3.05. The van der Waals surface area contributed by atoms with Gasteiger partial charge in [0.05, 0.1) is 6.54 Å². The van der Waals surface area contributed by atoms with Gasteiger partial charge in [-0.25, -0.2) is 9.37 Å². The van der Waals surface area contributed by atoms with Crippen molar-refractivity contribution in [3.63, 3.8) is 0 Å². The smallest absolute Gasteiger partial charge is 0.272 e. The van der Waals surface area contributed by atoms with Gasteiger partial charge in [-0.2, -0.15) is 0 Å². The highest BCUT2D eigenvalue weighted by molar-refractivity contribution is 5.92. The minimum Gasteiger partial charge on any atom is -0.486 e. The number of para-hydroxylation sites is 1. The first-order chi connectivity index (χ1) is 14.2. The van der Waals surface area contributed by atoms with Gasteiger partial charge in [-0.05, 0) is 50.1 Å². The van der Waals surface area contributed by atoms with E-state index in [-0.39, 0.29) is 23.6 Å². The normalized spacial score (nSPS) is 20.2. The Hall–Kier alpha value is -2.67. The molecule has 7 heteroatoms. The Balaban J connectivity index is 1.43. The van der Waals surface area contributed by atoms with Crippen LogP contribution >= 0.6 is 0 Å². The molecule has 0 spiro atoms. The molecule has 6 nitrogen and oxygen atoms in total. The Morgan fingerprint density at radius 2 is 1.97 bits per heavy atom. The van der Waals surface area contributed by atoms with Gasteiger partial charge in [0.1, 0.15) is 17.6 Å². The van der Waals surface area contributed by atoms with Crippen LogP contribution in [0, 0.1) is 5.82 Å². The first-order valence-corrected chi connectivity index (χ1v) is 10.3. The zero-order valence-electron chi connectivity index (χ0n) is 16.5. The molecule has 1 aromatic carbocycles. The fourth-order valence-electron chi connectivity index (χ4n) is 3.89. The van der Waals surface area contributed by atoms with Gasteiger partial charge in [0.15, 0.2) is 11.6 Å². The topological polar surface area (TPSA) is 57.7 Å². The summed E-state index contributed by atoms with van der Waals surface area (Å²) in [6, 6.07) is 12.0. The van der Waals surface area contributed by atoms with Gasteiger partial charge in [0.25, 0.3) is 5.91 Å². The number of benzene rings is 1.